The number of anilines is 1. The Labute approximate surface area is 186 Å². The summed E-state index contributed by atoms with van der Waals surface area (Å²) in [4.78, 5) is 44.5. The van der Waals surface area contributed by atoms with Crippen LogP contribution in [0.4, 0.5) is 5.69 Å². The van der Waals surface area contributed by atoms with Crippen molar-refractivity contribution < 1.29 is 23.9 Å². The van der Waals surface area contributed by atoms with E-state index in [1.165, 1.54) is 12.3 Å². The lowest BCUT2D eigenvalue weighted by Crippen LogP contribution is -2.47. The van der Waals surface area contributed by atoms with Gasteiger partial charge in [-0.15, -0.1) is 0 Å². The van der Waals surface area contributed by atoms with Crippen LogP contribution >= 0.6 is 0 Å². The van der Waals surface area contributed by atoms with E-state index in [9.17, 15) is 14.4 Å². The molecule has 1 aromatic carbocycles. The summed E-state index contributed by atoms with van der Waals surface area (Å²) in [6.07, 6.45) is 3.03. The van der Waals surface area contributed by atoms with E-state index in [0.717, 1.165) is 18.5 Å². The fourth-order valence-electron chi connectivity index (χ4n) is 4.21. The minimum absolute atomic E-state index is 0.0374. The fourth-order valence-corrected chi connectivity index (χ4v) is 4.21. The Balaban J connectivity index is 1.39. The summed E-state index contributed by atoms with van der Waals surface area (Å²) in [7, 11) is 1.58. The predicted molar refractivity (Wildman–Crippen MR) is 116 cm³/mol. The summed E-state index contributed by atoms with van der Waals surface area (Å²) in [5.74, 6) is 0.0315. The van der Waals surface area contributed by atoms with Crippen LogP contribution in [-0.4, -0.2) is 60.5 Å². The van der Waals surface area contributed by atoms with Crippen molar-refractivity contribution in [2.45, 2.75) is 25.4 Å². The first kappa shape index (κ1) is 21.6. The summed E-state index contributed by atoms with van der Waals surface area (Å²) in [6, 6.07) is 10.4. The summed E-state index contributed by atoms with van der Waals surface area (Å²) in [6.45, 7) is 1.40. The number of primary amides is 1. The van der Waals surface area contributed by atoms with Crippen LogP contribution in [0.3, 0.4) is 0 Å². The van der Waals surface area contributed by atoms with E-state index in [0.29, 0.717) is 31.1 Å². The lowest BCUT2D eigenvalue weighted by Gasteiger charge is -2.34. The Morgan fingerprint density at radius 3 is 2.78 bits per heavy atom. The van der Waals surface area contributed by atoms with E-state index in [1.54, 1.807) is 29.0 Å². The van der Waals surface area contributed by atoms with Gasteiger partial charge in [-0.2, -0.15) is 0 Å². The van der Waals surface area contributed by atoms with Crippen LogP contribution in [-0.2, 0) is 9.59 Å². The standard InChI is InChI=1S/C23H26N4O5/c1-31-17-5-2-4-16(11-17)27-13-15(10-21(27)28)23(30)26-9-3-6-19(14-26)32-18-7-8-25-20(12-18)22(24)29/h2,4-5,7-8,11-12,15,19H,3,6,9-10,13-14H2,1H3,(H2,24,29). The van der Waals surface area contributed by atoms with Gasteiger partial charge in [0.25, 0.3) is 5.91 Å². The number of rotatable bonds is 6. The van der Waals surface area contributed by atoms with Gasteiger partial charge in [0.1, 0.15) is 23.3 Å². The van der Waals surface area contributed by atoms with Gasteiger partial charge in [-0.05, 0) is 31.0 Å². The Hall–Kier alpha value is -3.62. The van der Waals surface area contributed by atoms with Crippen molar-refractivity contribution >= 4 is 23.4 Å². The number of carbonyl (C=O) groups excluding carboxylic acids is 3. The molecule has 2 unspecified atom stereocenters. The van der Waals surface area contributed by atoms with Gasteiger partial charge in [0.15, 0.2) is 0 Å². The van der Waals surface area contributed by atoms with Crippen molar-refractivity contribution in [3.8, 4) is 11.5 Å². The van der Waals surface area contributed by atoms with Gasteiger partial charge in [0.05, 0.1) is 19.6 Å². The lowest BCUT2D eigenvalue weighted by atomic mass is 10.0. The Kier molecular flexibility index (Phi) is 6.25. The highest BCUT2D eigenvalue weighted by Gasteiger charge is 2.38. The van der Waals surface area contributed by atoms with Crippen LogP contribution in [0.15, 0.2) is 42.6 Å². The highest BCUT2D eigenvalue weighted by Crippen LogP contribution is 2.29. The summed E-state index contributed by atoms with van der Waals surface area (Å²) in [5.41, 5.74) is 6.14. The number of amides is 3. The second kappa shape index (κ2) is 9.25. The smallest absolute Gasteiger partial charge is 0.267 e. The monoisotopic (exact) mass is 438 g/mol. The number of aromatic nitrogens is 1. The number of benzene rings is 1. The minimum atomic E-state index is -0.623. The third-order valence-electron chi connectivity index (χ3n) is 5.82. The number of ether oxygens (including phenoxy) is 2. The maximum absolute atomic E-state index is 13.2. The molecule has 2 aromatic rings. The molecule has 9 nitrogen and oxygen atoms in total. The molecule has 2 aliphatic rings. The predicted octanol–water partition coefficient (Wildman–Crippen LogP) is 1.61. The van der Waals surface area contributed by atoms with Crippen molar-refractivity contribution in [3.05, 3.63) is 48.3 Å². The van der Waals surface area contributed by atoms with Gasteiger partial charge in [0, 0.05) is 43.5 Å². The molecular weight excluding hydrogens is 412 g/mol. The molecular formula is C23H26N4O5. The maximum Gasteiger partial charge on any atom is 0.267 e. The number of hydrogen-bond acceptors (Lipinski definition) is 6. The van der Waals surface area contributed by atoms with Crippen molar-refractivity contribution in [3.63, 3.8) is 0 Å². The van der Waals surface area contributed by atoms with E-state index in [4.69, 9.17) is 15.2 Å². The molecule has 3 amide bonds. The van der Waals surface area contributed by atoms with E-state index < -0.39 is 11.8 Å². The maximum atomic E-state index is 13.2. The second-order valence-corrected chi connectivity index (χ2v) is 8.01. The van der Waals surface area contributed by atoms with E-state index in [1.807, 2.05) is 18.2 Å². The number of piperidine rings is 1. The zero-order valence-electron chi connectivity index (χ0n) is 17.9. The molecule has 3 heterocycles. The van der Waals surface area contributed by atoms with Crippen LogP contribution in [0.25, 0.3) is 0 Å². The van der Waals surface area contributed by atoms with Crippen LogP contribution in [0, 0.1) is 5.92 Å². The molecule has 2 aliphatic heterocycles. The molecule has 2 N–H and O–H groups in total. The third-order valence-corrected chi connectivity index (χ3v) is 5.82. The first-order valence-electron chi connectivity index (χ1n) is 10.6. The lowest BCUT2D eigenvalue weighted by molar-refractivity contribution is -0.138. The minimum Gasteiger partial charge on any atom is -0.497 e. The highest BCUT2D eigenvalue weighted by molar-refractivity contribution is 6.00. The fraction of sp³-hybridized carbons (Fsp3) is 0.391. The molecule has 4 rings (SSSR count). The number of nitrogens with zero attached hydrogens (tertiary/aromatic N) is 3. The molecule has 2 atom stereocenters. The zero-order chi connectivity index (χ0) is 22.7. The summed E-state index contributed by atoms with van der Waals surface area (Å²) in [5, 5.41) is 0. The molecule has 0 aliphatic carbocycles. The van der Waals surface area contributed by atoms with Crippen LogP contribution in [0.1, 0.15) is 29.8 Å². The molecule has 0 radical (unpaired) electrons. The number of methoxy groups -OCH3 is 1. The molecule has 9 heteroatoms. The third kappa shape index (κ3) is 4.66. The molecule has 2 fully saturated rings. The normalized spacial score (nSPS) is 20.8. The first-order chi connectivity index (χ1) is 15.4. The van der Waals surface area contributed by atoms with Gasteiger partial charge in [-0.25, -0.2) is 0 Å². The number of pyridine rings is 1. The average Bonchev–Trinajstić information content (AvgIpc) is 3.20. The van der Waals surface area contributed by atoms with E-state index >= 15 is 0 Å². The molecule has 1 aromatic heterocycles. The highest BCUT2D eigenvalue weighted by atomic mass is 16.5. The number of carbonyl (C=O) groups is 3. The van der Waals surface area contributed by atoms with Crippen molar-refractivity contribution in [2.24, 2.45) is 11.7 Å². The van der Waals surface area contributed by atoms with E-state index in [2.05, 4.69) is 4.98 Å². The quantitative estimate of drug-likeness (QED) is 0.733. The number of likely N-dealkylation sites (tertiary alicyclic amines) is 1. The zero-order valence-corrected chi connectivity index (χ0v) is 17.9. The topological polar surface area (TPSA) is 115 Å². The second-order valence-electron chi connectivity index (χ2n) is 8.01. The van der Waals surface area contributed by atoms with E-state index in [-0.39, 0.29) is 30.0 Å². The molecule has 2 saturated heterocycles. The van der Waals surface area contributed by atoms with Crippen LogP contribution in [0.5, 0.6) is 11.5 Å². The summed E-state index contributed by atoms with van der Waals surface area (Å²) < 4.78 is 11.2. The largest absolute Gasteiger partial charge is 0.497 e. The molecule has 0 spiro atoms. The van der Waals surface area contributed by atoms with Gasteiger partial charge >= 0.3 is 0 Å². The van der Waals surface area contributed by atoms with Crippen molar-refractivity contribution in [1.82, 2.24) is 9.88 Å². The van der Waals surface area contributed by atoms with Crippen molar-refractivity contribution in [1.29, 1.82) is 0 Å². The molecule has 32 heavy (non-hydrogen) atoms. The molecule has 0 bridgehead atoms. The molecule has 0 saturated carbocycles. The van der Waals surface area contributed by atoms with Gasteiger partial charge < -0.3 is 25.0 Å². The van der Waals surface area contributed by atoms with Crippen LogP contribution in [0.2, 0.25) is 0 Å². The van der Waals surface area contributed by atoms with Gasteiger partial charge in [-0.3, -0.25) is 19.4 Å². The molecule has 168 valence electrons. The van der Waals surface area contributed by atoms with Gasteiger partial charge in [0.2, 0.25) is 11.8 Å². The summed E-state index contributed by atoms with van der Waals surface area (Å²) >= 11 is 0. The number of hydrogen-bond donors (Lipinski definition) is 1. The SMILES string of the molecule is COc1cccc(N2CC(C(=O)N3CCCC(Oc4ccnc(C(N)=O)c4)C3)CC2=O)c1. The Morgan fingerprint density at radius 1 is 1.16 bits per heavy atom. The van der Waals surface area contributed by atoms with Crippen molar-refractivity contribution in [2.75, 3.05) is 31.6 Å². The Bertz CT molecular complexity index is 1030. The first-order valence-corrected chi connectivity index (χ1v) is 10.6. The van der Waals surface area contributed by atoms with Gasteiger partial charge in [-0.1, -0.05) is 6.07 Å². The number of nitrogens with two attached hydrogens (primary N) is 1. The average molecular weight is 438 g/mol. The van der Waals surface area contributed by atoms with Crippen LogP contribution < -0.4 is 20.1 Å². The Morgan fingerprint density at radius 2 is 2.00 bits per heavy atom.